The summed E-state index contributed by atoms with van der Waals surface area (Å²) in [5, 5.41) is 0. The molecule has 0 fully saturated rings. The third-order valence-electron chi connectivity index (χ3n) is 0.858. The van der Waals surface area contributed by atoms with Gasteiger partial charge in [-0.05, 0) is 6.92 Å². The van der Waals surface area contributed by atoms with Gasteiger partial charge >= 0.3 is 12.3 Å². The average Bonchev–Trinajstić information content (AvgIpc) is 1.84. The number of ether oxygens (including phenoxy) is 1. The summed E-state index contributed by atoms with van der Waals surface area (Å²) in [7, 11) is 0. The van der Waals surface area contributed by atoms with Crippen LogP contribution in [0.2, 0.25) is 0 Å². The van der Waals surface area contributed by atoms with Gasteiger partial charge in [0.1, 0.15) is 0 Å². The SMILES string of the molecule is [CH]COC(F)(F)C(F)C(F)(F)F. The molecular weight excluding hydrogens is 190 g/mol. The molecule has 0 aromatic heterocycles. The van der Waals surface area contributed by atoms with Gasteiger partial charge in [0.25, 0.3) is 6.17 Å². The van der Waals surface area contributed by atoms with E-state index in [0.29, 0.717) is 0 Å². The summed E-state index contributed by atoms with van der Waals surface area (Å²) in [6, 6.07) is 0. The lowest BCUT2D eigenvalue weighted by Gasteiger charge is -2.21. The van der Waals surface area contributed by atoms with Gasteiger partial charge < -0.3 is 4.74 Å². The van der Waals surface area contributed by atoms with Crippen LogP contribution in [0.25, 0.3) is 0 Å². The van der Waals surface area contributed by atoms with Crippen molar-refractivity contribution in [2.75, 3.05) is 6.61 Å². The van der Waals surface area contributed by atoms with Crippen LogP contribution in [-0.2, 0) is 4.74 Å². The van der Waals surface area contributed by atoms with Crippen LogP contribution in [-0.4, -0.2) is 25.1 Å². The smallest absolute Gasteiger partial charge is 0.318 e. The maximum absolute atomic E-state index is 11.9. The molecule has 0 bridgehead atoms. The Morgan fingerprint density at radius 2 is 1.58 bits per heavy atom. The van der Waals surface area contributed by atoms with Crippen molar-refractivity contribution >= 4 is 0 Å². The van der Waals surface area contributed by atoms with Gasteiger partial charge in [0, 0.05) is 0 Å². The highest BCUT2D eigenvalue weighted by atomic mass is 19.4. The standard InChI is InChI=1S/C5H4F6O/c1-2-12-5(10,11)3(6)4(7,8)9/h1,3H,2H2. The van der Waals surface area contributed by atoms with E-state index in [1.807, 2.05) is 0 Å². The lowest BCUT2D eigenvalue weighted by atomic mass is 10.3. The summed E-state index contributed by atoms with van der Waals surface area (Å²) in [6.45, 7) is 3.17. The van der Waals surface area contributed by atoms with Gasteiger partial charge in [0.15, 0.2) is 0 Å². The zero-order chi connectivity index (χ0) is 9.99. The number of alkyl halides is 6. The van der Waals surface area contributed by atoms with Crippen LogP contribution in [0.15, 0.2) is 0 Å². The summed E-state index contributed by atoms with van der Waals surface area (Å²) < 4.78 is 72.6. The Bertz CT molecular complexity index is 141. The fourth-order valence-corrected chi connectivity index (χ4v) is 0.375. The second-order valence-corrected chi connectivity index (χ2v) is 1.78. The molecule has 1 unspecified atom stereocenters. The minimum absolute atomic E-state index is 1.19. The van der Waals surface area contributed by atoms with Gasteiger partial charge in [-0.25, -0.2) is 4.39 Å². The molecule has 0 amide bonds. The van der Waals surface area contributed by atoms with Gasteiger partial charge in [-0.1, -0.05) is 0 Å². The van der Waals surface area contributed by atoms with E-state index in [-0.39, 0.29) is 0 Å². The first-order chi connectivity index (χ1) is 5.22. The van der Waals surface area contributed by atoms with Crippen LogP contribution in [0, 0.1) is 6.92 Å². The minimum atomic E-state index is -5.65. The Morgan fingerprint density at radius 3 is 1.83 bits per heavy atom. The summed E-state index contributed by atoms with van der Waals surface area (Å²) in [4.78, 5) is 0. The van der Waals surface area contributed by atoms with Crippen LogP contribution >= 0.6 is 0 Å². The monoisotopic (exact) mass is 194 g/mol. The quantitative estimate of drug-likeness (QED) is 0.626. The summed E-state index contributed by atoms with van der Waals surface area (Å²) in [5.41, 5.74) is 0. The van der Waals surface area contributed by atoms with E-state index in [9.17, 15) is 26.3 Å². The van der Waals surface area contributed by atoms with Crippen molar-refractivity contribution in [1.29, 1.82) is 0 Å². The molecule has 0 saturated carbocycles. The second-order valence-electron chi connectivity index (χ2n) is 1.78. The summed E-state index contributed by atoms with van der Waals surface area (Å²) >= 11 is 0. The van der Waals surface area contributed by atoms with Crippen LogP contribution < -0.4 is 0 Å². The van der Waals surface area contributed by atoms with E-state index in [2.05, 4.69) is 11.7 Å². The maximum Gasteiger partial charge on any atom is 0.428 e. The van der Waals surface area contributed by atoms with Crippen molar-refractivity contribution in [3.63, 3.8) is 0 Å². The highest BCUT2D eigenvalue weighted by molar-refractivity contribution is 4.75. The van der Waals surface area contributed by atoms with E-state index in [0.717, 1.165) is 0 Å². The van der Waals surface area contributed by atoms with Crippen molar-refractivity contribution in [2.45, 2.75) is 18.5 Å². The molecule has 0 aliphatic heterocycles. The molecule has 0 aliphatic rings. The third-order valence-corrected chi connectivity index (χ3v) is 0.858. The molecule has 0 aromatic rings. The van der Waals surface area contributed by atoms with Gasteiger partial charge in [-0.3, -0.25) is 0 Å². The zero-order valence-corrected chi connectivity index (χ0v) is 5.54. The van der Waals surface area contributed by atoms with Gasteiger partial charge in [-0.2, -0.15) is 22.0 Å². The molecular formula is C5H4F6O. The number of halogens is 6. The Hall–Kier alpha value is -0.460. The van der Waals surface area contributed by atoms with Gasteiger partial charge in [-0.15, -0.1) is 0 Å². The first-order valence-electron chi connectivity index (χ1n) is 2.64. The zero-order valence-electron chi connectivity index (χ0n) is 5.54. The number of hydrogen-bond donors (Lipinski definition) is 0. The first-order valence-corrected chi connectivity index (χ1v) is 2.64. The van der Waals surface area contributed by atoms with Crippen LogP contribution in [0.3, 0.4) is 0 Å². The van der Waals surface area contributed by atoms with Crippen LogP contribution in [0.5, 0.6) is 0 Å². The average molecular weight is 194 g/mol. The second kappa shape index (κ2) is 3.51. The van der Waals surface area contributed by atoms with E-state index >= 15 is 0 Å². The Morgan fingerprint density at radius 1 is 1.17 bits per heavy atom. The fraction of sp³-hybridized carbons (Fsp3) is 0.800. The Labute approximate surface area is 64.3 Å². The molecule has 1 atom stereocenters. The Balaban J connectivity index is 4.34. The minimum Gasteiger partial charge on any atom is -0.318 e. The van der Waals surface area contributed by atoms with E-state index in [1.165, 1.54) is 0 Å². The van der Waals surface area contributed by atoms with Gasteiger partial charge in [0.2, 0.25) is 0 Å². The topological polar surface area (TPSA) is 9.23 Å². The van der Waals surface area contributed by atoms with E-state index in [4.69, 9.17) is 0 Å². The summed E-state index contributed by atoms with van der Waals surface area (Å²) in [6.07, 6.45) is -14.9. The number of hydrogen-bond acceptors (Lipinski definition) is 1. The highest BCUT2D eigenvalue weighted by Crippen LogP contribution is 2.35. The molecule has 0 aromatic carbocycles. The molecule has 0 rings (SSSR count). The summed E-state index contributed by atoms with van der Waals surface area (Å²) in [5.74, 6) is 0. The predicted molar refractivity (Wildman–Crippen MR) is 26.1 cm³/mol. The number of rotatable bonds is 3. The van der Waals surface area contributed by atoms with Crippen molar-refractivity contribution in [3.8, 4) is 0 Å². The highest BCUT2D eigenvalue weighted by Gasteiger charge is 2.57. The van der Waals surface area contributed by atoms with Gasteiger partial charge in [0.05, 0.1) is 6.61 Å². The third kappa shape index (κ3) is 2.88. The Kier molecular flexibility index (Phi) is 3.37. The van der Waals surface area contributed by atoms with Crippen LogP contribution in [0.1, 0.15) is 0 Å². The molecule has 7 heteroatoms. The maximum atomic E-state index is 11.9. The molecule has 1 nitrogen and oxygen atoms in total. The molecule has 0 aliphatic carbocycles. The van der Waals surface area contributed by atoms with Crippen molar-refractivity contribution in [2.24, 2.45) is 0 Å². The van der Waals surface area contributed by atoms with Crippen molar-refractivity contribution in [3.05, 3.63) is 6.92 Å². The molecule has 72 valence electrons. The molecule has 0 N–H and O–H groups in total. The molecule has 12 heavy (non-hydrogen) atoms. The molecule has 0 heterocycles. The van der Waals surface area contributed by atoms with E-state index in [1.54, 1.807) is 0 Å². The molecule has 0 spiro atoms. The van der Waals surface area contributed by atoms with E-state index < -0.39 is 25.1 Å². The van der Waals surface area contributed by atoms with Crippen molar-refractivity contribution in [1.82, 2.24) is 0 Å². The first kappa shape index (κ1) is 11.5. The van der Waals surface area contributed by atoms with Crippen LogP contribution in [0.4, 0.5) is 26.3 Å². The predicted octanol–water partition coefficient (Wildman–Crippen LogP) is 2.21. The fourth-order valence-electron chi connectivity index (χ4n) is 0.375. The molecule has 0 saturated heterocycles. The lowest BCUT2D eigenvalue weighted by molar-refractivity contribution is -0.332. The molecule has 2 radical (unpaired) electrons. The van der Waals surface area contributed by atoms with Crippen molar-refractivity contribution < 1.29 is 31.1 Å². The largest absolute Gasteiger partial charge is 0.428 e. The normalized spacial score (nSPS) is 16.2. The lowest BCUT2D eigenvalue weighted by Crippen LogP contribution is -2.43.